The van der Waals surface area contributed by atoms with Crippen LogP contribution in [-0.2, 0) is 9.53 Å². The average molecular weight is 467 g/mol. The van der Waals surface area contributed by atoms with Gasteiger partial charge < -0.3 is 25.1 Å². The molecule has 1 heterocycles. The van der Waals surface area contributed by atoms with E-state index in [1.807, 2.05) is 42.5 Å². The van der Waals surface area contributed by atoms with Crippen LogP contribution in [0.5, 0.6) is 11.8 Å². The molecule has 3 N–H and O–H groups in total. The van der Waals surface area contributed by atoms with E-state index in [1.165, 1.54) is 19.1 Å². The Morgan fingerprint density at radius 2 is 1.70 bits per heavy atom. The van der Waals surface area contributed by atoms with Gasteiger partial charge in [-0.2, -0.15) is 0 Å². The van der Waals surface area contributed by atoms with Crippen molar-refractivity contribution < 1.29 is 29.4 Å². The Bertz CT molecular complexity index is 1220. The molecule has 1 aromatic heterocycles. The maximum atomic E-state index is 12.2. The Morgan fingerprint density at radius 1 is 1.00 bits per heavy atom. The second-order valence-electron chi connectivity index (χ2n) is 7.69. The van der Waals surface area contributed by atoms with Gasteiger partial charge in [0, 0.05) is 36.6 Å². The molecule has 0 saturated heterocycles. The molecule has 2 aromatic carbocycles. The number of ketones is 1. The minimum atomic E-state index is -1.07. The van der Waals surface area contributed by atoms with Gasteiger partial charge in [-0.25, -0.2) is 4.79 Å². The number of benzene rings is 2. The molecule has 0 bridgehead atoms. The van der Waals surface area contributed by atoms with Crippen molar-refractivity contribution in [1.82, 2.24) is 4.73 Å². The highest BCUT2D eigenvalue weighted by molar-refractivity contribution is 7.80. The maximum Gasteiger partial charge on any atom is 0.534 e. The predicted octanol–water partition coefficient (Wildman–Crippen LogP) is 4.39. The van der Waals surface area contributed by atoms with Crippen LogP contribution in [0.2, 0.25) is 0 Å². The summed E-state index contributed by atoms with van der Waals surface area (Å²) in [4.78, 5) is 28.9. The predicted molar refractivity (Wildman–Crippen MR) is 126 cm³/mol. The number of ether oxygens (including phenoxy) is 1. The van der Waals surface area contributed by atoms with Crippen LogP contribution in [-0.4, -0.2) is 38.5 Å². The summed E-state index contributed by atoms with van der Waals surface area (Å²) in [6, 6.07) is 16.1. The number of fused-ring (bicyclic) bond motifs is 3. The molecule has 1 unspecified atom stereocenters. The third-order valence-electron chi connectivity index (χ3n) is 5.37. The normalized spacial score (nSPS) is 13.7. The Morgan fingerprint density at radius 3 is 2.42 bits per heavy atom. The molecule has 8 nitrogen and oxygen atoms in total. The third kappa shape index (κ3) is 4.83. The molecule has 170 valence electrons. The summed E-state index contributed by atoms with van der Waals surface area (Å²) in [5.41, 5.74) is 4.80. The number of nitrogens with zero attached hydrogens (tertiary/aromatic N) is 1. The Labute approximate surface area is 195 Å². The summed E-state index contributed by atoms with van der Waals surface area (Å²) < 4.78 is 5.89. The third-order valence-corrected chi connectivity index (χ3v) is 5.68. The van der Waals surface area contributed by atoms with Gasteiger partial charge in [0.1, 0.15) is 12.4 Å². The van der Waals surface area contributed by atoms with Gasteiger partial charge in [-0.3, -0.25) is 4.84 Å². The molecule has 4 rings (SSSR count). The summed E-state index contributed by atoms with van der Waals surface area (Å²) in [5.74, 6) is -1.03. The number of carbonyl (C=O) groups is 2. The lowest BCUT2D eigenvalue weighted by molar-refractivity contribution is -0.116. The molecule has 0 fully saturated rings. The van der Waals surface area contributed by atoms with Crippen LogP contribution in [0.25, 0.3) is 11.1 Å². The van der Waals surface area contributed by atoms with E-state index in [2.05, 4.69) is 5.32 Å². The quantitative estimate of drug-likeness (QED) is 0.348. The largest absolute Gasteiger partial charge is 0.534 e. The summed E-state index contributed by atoms with van der Waals surface area (Å²) in [6.45, 7) is 1.52. The lowest BCUT2D eigenvalue weighted by atomic mass is 9.97. The van der Waals surface area contributed by atoms with Crippen LogP contribution < -0.4 is 10.2 Å². The van der Waals surface area contributed by atoms with Gasteiger partial charge in [-0.05, 0) is 41.3 Å². The topological polar surface area (TPSA) is 110 Å². The van der Waals surface area contributed by atoms with Gasteiger partial charge in [-0.15, -0.1) is 4.73 Å². The van der Waals surface area contributed by atoms with Crippen molar-refractivity contribution in [2.75, 3.05) is 11.9 Å². The highest BCUT2D eigenvalue weighted by atomic mass is 32.1. The zero-order valence-electron chi connectivity index (χ0n) is 17.8. The first-order chi connectivity index (χ1) is 15.8. The zero-order valence-corrected chi connectivity index (χ0v) is 18.6. The van der Waals surface area contributed by atoms with E-state index in [0.717, 1.165) is 27.9 Å². The van der Waals surface area contributed by atoms with Crippen molar-refractivity contribution in [3.8, 4) is 22.9 Å². The molecule has 0 radical (unpaired) electrons. The first kappa shape index (κ1) is 22.3. The van der Waals surface area contributed by atoms with Crippen LogP contribution >= 0.6 is 12.2 Å². The number of hydrogen-bond acceptors (Lipinski definition) is 7. The van der Waals surface area contributed by atoms with Gasteiger partial charge in [0.25, 0.3) is 0 Å². The van der Waals surface area contributed by atoms with Crippen molar-refractivity contribution in [3.05, 3.63) is 65.7 Å². The summed E-state index contributed by atoms with van der Waals surface area (Å²) in [6.07, 6.45) is -0.213. The SMILES string of the molecule is CC(=O)CCC(=S)Nc1ccc2c(c1)C(COC(=O)On1c(O)ccc1O)c1ccccc1-2. The molecule has 1 aliphatic rings. The van der Waals surface area contributed by atoms with Crippen molar-refractivity contribution in [2.45, 2.75) is 25.7 Å². The van der Waals surface area contributed by atoms with E-state index in [9.17, 15) is 19.8 Å². The van der Waals surface area contributed by atoms with Gasteiger partial charge in [0.2, 0.25) is 11.8 Å². The van der Waals surface area contributed by atoms with Gasteiger partial charge >= 0.3 is 6.16 Å². The number of anilines is 1. The fraction of sp³-hybridized carbons (Fsp3) is 0.208. The molecule has 9 heteroatoms. The van der Waals surface area contributed by atoms with Crippen molar-refractivity contribution in [3.63, 3.8) is 0 Å². The van der Waals surface area contributed by atoms with E-state index in [0.29, 0.717) is 22.6 Å². The monoisotopic (exact) mass is 466 g/mol. The lowest BCUT2D eigenvalue weighted by Gasteiger charge is -2.15. The number of rotatable bonds is 7. The van der Waals surface area contributed by atoms with E-state index in [1.54, 1.807) is 0 Å². The summed E-state index contributed by atoms with van der Waals surface area (Å²) >= 11 is 5.35. The number of carbonyl (C=O) groups excluding carboxylic acids is 2. The smallest absolute Gasteiger partial charge is 0.492 e. The average Bonchev–Trinajstić information content (AvgIpc) is 3.27. The number of hydrogen-bond donors (Lipinski definition) is 3. The molecule has 1 aliphatic carbocycles. The number of aromatic hydroxyl groups is 2. The standard InChI is InChI=1S/C24H22N2O6S/c1-14(27)6-9-21(33)25-15-7-8-18-16-4-2-3-5-17(16)20(19(18)12-15)13-31-24(30)32-26-22(28)10-11-23(26)29/h2-5,7-8,10-12,20,28-29H,6,9,13H2,1H3,(H,25,33). The van der Waals surface area contributed by atoms with Crippen LogP contribution in [0.4, 0.5) is 10.5 Å². The van der Waals surface area contributed by atoms with Crippen LogP contribution in [0, 0.1) is 0 Å². The zero-order chi connectivity index (χ0) is 23.5. The molecule has 3 aromatic rings. The molecule has 33 heavy (non-hydrogen) atoms. The highest BCUT2D eigenvalue weighted by Gasteiger charge is 2.30. The number of aromatic nitrogens is 1. The lowest BCUT2D eigenvalue weighted by Crippen LogP contribution is -2.22. The Hall–Kier alpha value is -3.85. The van der Waals surface area contributed by atoms with Gasteiger partial charge in [0.15, 0.2) is 0 Å². The molecule has 0 aliphatic heterocycles. The minimum absolute atomic E-state index is 0.0100. The minimum Gasteiger partial charge on any atom is -0.492 e. The first-order valence-corrected chi connectivity index (χ1v) is 10.7. The van der Waals surface area contributed by atoms with Crippen LogP contribution in [0.1, 0.15) is 36.8 Å². The fourth-order valence-corrected chi connectivity index (χ4v) is 4.05. The molecule has 1 atom stereocenters. The molecular weight excluding hydrogens is 444 g/mol. The van der Waals surface area contributed by atoms with Gasteiger partial charge in [0.05, 0.1) is 4.99 Å². The first-order valence-electron chi connectivity index (χ1n) is 10.3. The molecule has 0 saturated carbocycles. The van der Waals surface area contributed by atoms with Crippen LogP contribution in [0.3, 0.4) is 0 Å². The Balaban J connectivity index is 1.51. The van der Waals surface area contributed by atoms with E-state index in [4.69, 9.17) is 21.8 Å². The molecular formula is C24H22N2O6S. The fourth-order valence-electron chi connectivity index (χ4n) is 3.83. The van der Waals surface area contributed by atoms with Gasteiger partial charge in [-0.1, -0.05) is 42.5 Å². The van der Waals surface area contributed by atoms with E-state index in [-0.39, 0.29) is 18.3 Å². The number of Topliss-reactive ketones (excluding diaryl/α,β-unsaturated/α-hetero) is 1. The maximum absolute atomic E-state index is 12.2. The van der Waals surface area contributed by atoms with Crippen molar-refractivity contribution >= 4 is 34.8 Å². The number of nitrogens with one attached hydrogen (secondary N) is 1. The second-order valence-corrected chi connectivity index (χ2v) is 8.18. The second kappa shape index (κ2) is 9.33. The molecule has 0 spiro atoms. The van der Waals surface area contributed by atoms with E-state index >= 15 is 0 Å². The van der Waals surface area contributed by atoms with Crippen molar-refractivity contribution in [2.24, 2.45) is 0 Å². The van der Waals surface area contributed by atoms with Crippen LogP contribution in [0.15, 0.2) is 54.6 Å². The summed E-state index contributed by atoms with van der Waals surface area (Å²) in [5, 5.41) is 22.4. The van der Waals surface area contributed by atoms with E-state index < -0.39 is 17.9 Å². The Kier molecular flexibility index (Phi) is 6.32. The summed E-state index contributed by atoms with van der Waals surface area (Å²) in [7, 11) is 0. The van der Waals surface area contributed by atoms with Crippen molar-refractivity contribution in [1.29, 1.82) is 0 Å². The molecule has 0 amide bonds. The number of thiocarbonyl (C=S) groups is 1. The highest BCUT2D eigenvalue weighted by Crippen LogP contribution is 2.45.